The summed E-state index contributed by atoms with van der Waals surface area (Å²) in [7, 11) is 0. The Labute approximate surface area is 124 Å². The van der Waals surface area contributed by atoms with Crippen molar-refractivity contribution < 1.29 is 9.18 Å². The van der Waals surface area contributed by atoms with Gasteiger partial charge in [-0.3, -0.25) is 4.79 Å². The lowest BCUT2D eigenvalue weighted by Gasteiger charge is -2.12. The summed E-state index contributed by atoms with van der Waals surface area (Å²) in [5, 5.41) is 5.72. The number of hydrogen-bond acceptors (Lipinski definition) is 2. The maximum absolute atomic E-state index is 13.8. The molecule has 21 heavy (non-hydrogen) atoms. The molecular formula is C17H19FN2O. The third-order valence-electron chi connectivity index (χ3n) is 3.15. The summed E-state index contributed by atoms with van der Waals surface area (Å²) in [4.78, 5) is 12.2. The van der Waals surface area contributed by atoms with Crippen LogP contribution in [0.15, 0.2) is 42.5 Å². The minimum Gasteiger partial charge on any atom is -0.382 e. The lowest BCUT2D eigenvalue weighted by Crippen LogP contribution is -2.24. The van der Waals surface area contributed by atoms with E-state index in [2.05, 4.69) is 10.6 Å². The minimum absolute atomic E-state index is 0.252. The maximum Gasteiger partial charge on any atom is 0.253 e. The zero-order valence-electron chi connectivity index (χ0n) is 12.2. The van der Waals surface area contributed by atoms with Crippen LogP contribution < -0.4 is 10.6 Å². The minimum atomic E-state index is -0.417. The maximum atomic E-state index is 13.8. The average Bonchev–Trinajstić information content (AvgIpc) is 2.47. The predicted octanol–water partition coefficient (Wildman–Crippen LogP) is 3.50. The molecule has 0 saturated heterocycles. The number of carbonyl (C=O) groups excluding carboxylic acids is 1. The SMILES string of the molecule is CCNc1c(F)cccc1C(=O)NCc1cccc(C)c1. The molecule has 0 aliphatic rings. The zero-order chi connectivity index (χ0) is 15.2. The smallest absolute Gasteiger partial charge is 0.253 e. The summed E-state index contributed by atoms with van der Waals surface area (Å²) >= 11 is 0. The molecule has 3 nitrogen and oxygen atoms in total. The molecule has 0 fully saturated rings. The van der Waals surface area contributed by atoms with Gasteiger partial charge in [-0.15, -0.1) is 0 Å². The first-order valence-electron chi connectivity index (χ1n) is 6.98. The second kappa shape index (κ2) is 6.88. The van der Waals surface area contributed by atoms with Gasteiger partial charge < -0.3 is 10.6 Å². The number of benzene rings is 2. The predicted molar refractivity (Wildman–Crippen MR) is 82.9 cm³/mol. The van der Waals surface area contributed by atoms with E-state index in [1.165, 1.54) is 12.1 Å². The number of hydrogen-bond donors (Lipinski definition) is 2. The van der Waals surface area contributed by atoms with Crippen LogP contribution in [0, 0.1) is 12.7 Å². The van der Waals surface area contributed by atoms with Gasteiger partial charge in [-0.2, -0.15) is 0 Å². The van der Waals surface area contributed by atoms with E-state index in [1.54, 1.807) is 6.07 Å². The number of halogens is 1. The molecule has 2 N–H and O–H groups in total. The van der Waals surface area contributed by atoms with Gasteiger partial charge in [0.15, 0.2) is 0 Å². The van der Waals surface area contributed by atoms with E-state index in [9.17, 15) is 9.18 Å². The van der Waals surface area contributed by atoms with Crippen LogP contribution >= 0.6 is 0 Å². The van der Waals surface area contributed by atoms with Gasteiger partial charge in [-0.05, 0) is 31.5 Å². The van der Waals surface area contributed by atoms with Gasteiger partial charge in [-0.1, -0.05) is 35.9 Å². The van der Waals surface area contributed by atoms with Gasteiger partial charge in [0, 0.05) is 13.1 Å². The van der Waals surface area contributed by atoms with Crippen molar-refractivity contribution >= 4 is 11.6 Å². The van der Waals surface area contributed by atoms with Crippen LogP contribution in [-0.2, 0) is 6.54 Å². The van der Waals surface area contributed by atoms with Gasteiger partial charge >= 0.3 is 0 Å². The molecule has 2 aromatic rings. The molecule has 0 aromatic heterocycles. The normalized spacial score (nSPS) is 10.2. The van der Waals surface area contributed by atoms with Crippen LogP contribution in [0.1, 0.15) is 28.4 Å². The van der Waals surface area contributed by atoms with E-state index >= 15 is 0 Å². The summed E-state index contributed by atoms with van der Waals surface area (Å²) in [6.45, 7) is 4.84. The number of amides is 1. The zero-order valence-corrected chi connectivity index (χ0v) is 12.2. The molecule has 2 aromatic carbocycles. The van der Waals surface area contributed by atoms with Gasteiger partial charge in [-0.25, -0.2) is 4.39 Å². The van der Waals surface area contributed by atoms with Crippen molar-refractivity contribution in [3.05, 3.63) is 65.0 Å². The van der Waals surface area contributed by atoms with Gasteiger partial charge in [0.1, 0.15) is 5.82 Å². The second-order valence-corrected chi connectivity index (χ2v) is 4.86. The van der Waals surface area contributed by atoms with Gasteiger partial charge in [0.05, 0.1) is 11.3 Å². The summed E-state index contributed by atoms with van der Waals surface area (Å²) < 4.78 is 13.8. The van der Waals surface area contributed by atoms with Crippen molar-refractivity contribution in [3.63, 3.8) is 0 Å². The average molecular weight is 286 g/mol. The fourth-order valence-corrected chi connectivity index (χ4v) is 2.17. The number of anilines is 1. The third-order valence-corrected chi connectivity index (χ3v) is 3.15. The van der Waals surface area contributed by atoms with Crippen LogP contribution in [0.25, 0.3) is 0 Å². The monoisotopic (exact) mass is 286 g/mol. The first-order chi connectivity index (χ1) is 10.1. The molecule has 0 atom stereocenters. The molecule has 0 radical (unpaired) electrons. The van der Waals surface area contributed by atoms with E-state index in [4.69, 9.17) is 0 Å². The van der Waals surface area contributed by atoms with Crippen molar-refractivity contribution in [2.24, 2.45) is 0 Å². The number of nitrogens with one attached hydrogen (secondary N) is 2. The molecule has 0 bridgehead atoms. The van der Waals surface area contributed by atoms with E-state index in [1.807, 2.05) is 38.1 Å². The summed E-state index contributed by atoms with van der Waals surface area (Å²) in [5.41, 5.74) is 2.73. The molecule has 4 heteroatoms. The molecule has 110 valence electrons. The molecule has 0 aliphatic heterocycles. The Morgan fingerprint density at radius 3 is 2.67 bits per heavy atom. The van der Waals surface area contributed by atoms with Crippen LogP contribution in [0.3, 0.4) is 0 Å². The fraction of sp³-hybridized carbons (Fsp3) is 0.235. The molecule has 0 aliphatic carbocycles. The second-order valence-electron chi connectivity index (χ2n) is 4.86. The van der Waals surface area contributed by atoms with Crippen molar-refractivity contribution in [2.75, 3.05) is 11.9 Å². The lowest BCUT2D eigenvalue weighted by molar-refractivity contribution is 0.0951. The Kier molecular flexibility index (Phi) is 4.93. The Balaban J connectivity index is 2.12. The Morgan fingerprint density at radius 1 is 1.19 bits per heavy atom. The van der Waals surface area contributed by atoms with Crippen LogP contribution in [0.2, 0.25) is 0 Å². The standard InChI is InChI=1S/C17H19FN2O/c1-3-19-16-14(8-5-9-15(16)18)17(21)20-11-13-7-4-6-12(2)10-13/h4-10,19H,3,11H2,1-2H3,(H,20,21). The van der Waals surface area contributed by atoms with Crippen molar-refractivity contribution in [3.8, 4) is 0 Å². The lowest BCUT2D eigenvalue weighted by atomic mass is 10.1. The first-order valence-corrected chi connectivity index (χ1v) is 6.98. The van der Waals surface area contributed by atoms with Crippen molar-refractivity contribution in [2.45, 2.75) is 20.4 Å². The van der Waals surface area contributed by atoms with Gasteiger partial charge in [0.2, 0.25) is 0 Å². The first kappa shape index (κ1) is 15.0. The number of carbonyl (C=O) groups is 1. The van der Waals surface area contributed by atoms with E-state index in [-0.39, 0.29) is 11.6 Å². The molecule has 0 unspecified atom stereocenters. The highest BCUT2D eigenvalue weighted by Gasteiger charge is 2.14. The Morgan fingerprint density at radius 2 is 1.95 bits per heavy atom. The van der Waals surface area contributed by atoms with E-state index in [0.717, 1.165) is 11.1 Å². The van der Waals surface area contributed by atoms with E-state index in [0.29, 0.717) is 18.7 Å². The highest BCUT2D eigenvalue weighted by Crippen LogP contribution is 2.19. The van der Waals surface area contributed by atoms with Crippen LogP contribution in [0.4, 0.5) is 10.1 Å². The third kappa shape index (κ3) is 3.81. The summed E-state index contributed by atoms with van der Waals surface area (Å²) in [6.07, 6.45) is 0. The highest BCUT2D eigenvalue weighted by atomic mass is 19.1. The number of para-hydroxylation sites is 1. The highest BCUT2D eigenvalue weighted by molar-refractivity contribution is 5.99. The quantitative estimate of drug-likeness (QED) is 0.883. The van der Waals surface area contributed by atoms with Crippen LogP contribution in [-0.4, -0.2) is 12.5 Å². The molecular weight excluding hydrogens is 267 g/mol. The largest absolute Gasteiger partial charge is 0.382 e. The fourth-order valence-electron chi connectivity index (χ4n) is 2.17. The molecule has 1 amide bonds. The summed E-state index contributed by atoms with van der Waals surface area (Å²) in [5.74, 6) is -0.702. The van der Waals surface area contributed by atoms with Crippen molar-refractivity contribution in [1.29, 1.82) is 0 Å². The number of rotatable bonds is 5. The van der Waals surface area contributed by atoms with Crippen molar-refractivity contribution in [1.82, 2.24) is 5.32 Å². The van der Waals surface area contributed by atoms with E-state index < -0.39 is 5.82 Å². The molecule has 0 saturated carbocycles. The number of aryl methyl sites for hydroxylation is 1. The van der Waals surface area contributed by atoms with Crippen LogP contribution in [0.5, 0.6) is 0 Å². The summed E-state index contributed by atoms with van der Waals surface area (Å²) in [6, 6.07) is 12.4. The molecule has 0 heterocycles. The molecule has 0 spiro atoms. The Hall–Kier alpha value is -2.36. The Bertz CT molecular complexity index is 640. The topological polar surface area (TPSA) is 41.1 Å². The molecule has 2 rings (SSSR count). The van der Waals surface area contributed by atoms with Gasteiger partial charge in [0.25, 0.3) is 5.91 Å².